The molecule has 35 heavy (non-hydrogen) atoms. The molecule has 0 spiro atoms. The second-order valence-corrected chi connectivity index (χ2v) is 10.2. The van der Waals surface area contributed by atoms with E-state index in [9.17, 15) is 0 Å². The van der Waals surface area contributed by atoms with Gasteiger partial charge in [0.15, 0.2) is 0 Å². The van der Waals surface area contributed by atoms with Crippen molar-refractivity contribution in [2.45, 2.75) is 79.1 Å². The monoisotopic (exact) mass is 475 g/mol. The van der Waals surface area contributed by atoms with Gasteiger partial charge >= 0.3 is 0 Å². The van der Waals surface area contributed by atoms with Crippen molar-refractivity contribution in [3.05, 3.63) is 53.4 Å². The standard InChI is InChI=1S/C31H45N3O/c1-7-9-10-11-12-13-14-25(8-2)22-35-31-21-29(26-15-17-27(18-16-26)34(5)6)33-30(31)20-28-23(3)19-24(4)32-28/h15-21,25,33H,7-14,22H2,1-6H3/b28-20-. The first-order valence-electron chi connectivity index (χ1n) is 13.5. The predicted molar refractivity (Wildman–Crippen MR) is 153 cm³/mol. The van der Waals surface area contributed by atoms with Crippen LogP contribution >= 0.6 is 0 Å². The smallest absolute Gasteiger partial charge is 0.144 e. The van der Waals surface area contributed by atoms with Crippen LogP contribution in [0.5, 0.6) is 5.75 Å². The van der Waals surface area contributed by atoms with Gasteiger partial charge in [-0.05, 0) is 61.6 Å². The Balaban J connectivity index is 1.74. The molecule has 1 aromatic heterocycles. The van der Waals surface area contributed by atoms with E-state index in [1.165, 1.54) is 56.2 Å². The van der Waals surface area contributed by atoms with Gasteiger partial charge in [-0.2, -0.15) is 0 Å². The fourth-order valence-electron chi connectivity index (χ4n) is 4.58. The van der Waals surface area contributed by atoms with E-state index in [-0.39, 0.29) is 0 Å². The van der Waals surface area contributed by atoms with E-state index in [0.29, 0.717) is 5.92 Å². The van der Waals surface area contributed by atoms with E-state index in [4.69, 9.17) is 9.73 Å². The van der Waals surface area contributed by atoms with Crippen LogP contribution in [0.25, 0.3) is 17.3 Å². The zero-order chi connectivity index (χ0) is 25.2. The molecule has 190 valence electrons. The topological polar surface area (TPSA) is 40.6 Å². The molecule has 1 N–H and O–H groups in total. The van der Waals surface area contributed by atoms with Crippen molar-refractivity contribution in [2.75, 3.05) is 25.6 Å². The van der Waals surface area contributed by atoms with Gasteiger partial charge in [0.2, 0.25) is 0 Å². The Kier molecular flexibility index (Phi) is 10.3. The Morgan fingerprint density at radius 2 is 1.71 bits per heavy atom. The number of allylic oxidation sites excluding steroid dienone is 2. The molecule has 0 radical (unpaired) electrons. The fourth-order valence-corrected chi connectivity index (χ4v) is 4.58. The lowest BCUT2D eigenvalue weighted by atomic mass is 9.98. The second-order valence-electron chi connectivity index (χ2n) is 10.2. The average molecular weight is 476 g/mol. The van der Waals surface area contributed by atoms with Crippen molar-refractivity contribution in [1.82, 2.24) is 4.98 Å². The van der Waals surface area contributed by atoms with Gasteiger partial charge in [0, 0.05) is 37.3 Å². The summed E-state index contributed by atoms with van der Waals surface area (Å²) in [6, 6.07) is 10.8. The molecule has 0 aliphatic carbocycles. The molecule has 1 unspecified atom stereocenters. The summed E-state index contributed by atoms with van der Waals surface area (Å²) in [7, 11) is 4.13. The van der Waals surface area contributed by atoms with Crippen LogP contribution in [-0.4, -0.2) is 31.4 Å². The SMILES string of the molecule is CCCCCCCCC(CC)COc1cc(-c2ccc(N(C)C)cc2)[nH]c1/C=C1\N=C(C)C=C1C. The van der Waals surface area contributed by atoms with Crippen LogP contribution < -0.4 is 9.64 Å². The lowest BCUT2D eigenvalue weighted by Gasteiger charge is -2.16. The van der Waals surface area contributed by atoms with E-state index >= 15 is 0 Å². The van der Waals surface area contributed by atoms with Gasteiger partial charge in [0.25, 0.3) is 0 Å². The minimum absolute atomic E-state index is 0.591. The number of nitrogens with one attached hydrogen (secondary N) is 1. The molecule has 1 aromatic carbocycles. The van der Waals surface area contributed by atoms with Crippen molar-refractivity contribution in [3.63, 3.8) is 0 Å². The first kappa shape index (κ1) is 26.8. The third kappa shape index (κ3) is 7.88. The highest BCUT2D eigenvalue weighted by Gasteiger charge is 2.15. The van der Waals surface area contributed by atoms with Gasteiger partial charge in [0.05, 0.1) is 18.0 Å². The molecule has 1 aliphatic rings. The molecular formula is C31H45N3O. The molecule has 0 saturated heterocycles. The average Bonchev–Trinajstić information content (AvgIpc) is 3.39. The molecule has 0 amide bonds. The zero-order valence-electron chi connectivity index (χ0n) is 22.8. The molecule has 0 bridgehead atoms. The normalized spacial score (nSPS) is 15.3. The lowest BCUT2D eigenvalue weighted by molar-refractivity contribution is 0.232. The molecule has 4 nitrogen and oxygen atoms in total. The number of rotatable bonds is 14. The minimum atomic E-state index is 0.591. The maximum Gasteiger partial charge on any atom is 0.144 e. The van der Waals surface area contributed by atoms with E-state index in [1.807, 2.05) is 6.92 Å². The van der Waals surface area contributed by atoms with Crippen molar-refractivity contribution in [2.24, 2.45) is 10.9 Å². The van der Waals surface area contributed by atoms with Crippen molar-refractivity contribution < 1.29 is 4.74 Å². The van der Waals surface area contributed by atoms with Gasteiger partial charge in [-0.1, -0.05) is 70.9 Å². The number of ether oxygens (including phenoxy) is 1. The Morgan fingerprint density at radius 1 is 1.00 bits per heavy atom. The van der Waals surface area contributed by atoms with Crippen LogP contribution in [-0.2, 0) is 0 Å². The third-order valence-corrected chi connectivity index (χ3v) is 6.93. The summed E-state index contributed by atoms with van der Waals surface area (Å²) < 4.78 is 6.47. The van der Waals surface area contributed by atoms with Gasteiger partial charge in [0.1, 0.15) is 5.75 Å². The summed E-state index contributed by atoms with van der Waals surface area (Å²) in [6.45, 7) is 9.48. The number of hydrogen-bond acceptors (Lipinski definition) is 3. The number of hydrogen-bond donors (Lipinski definition) is 1. The largest absolute Gasteiger partial charge is 0.491 e. The second kappa shape index (κ2) is 13.4. The number of H-pyrrole nitrogens is 1. The molecule has 1 aliphatic heterocycles. The number of anilines is 1. The Bertz CT molecular complexity index is 1020. The molecule has 2 heterocycles. The lowest BCUT2D eigenvalue weighted by Crippen LogP contribution is -2.11. The number of aromatic amines is 1. The Morgan fingerprint density at radius 3 is 2.34 bits per heavy atom. The number of aliphatic imine (C=N–C) groups is 1. The number of aromatic nitrogens is 1. The summed E-state index contributed by atoms with van der Waals surface area (Å²) in [5.74, 6) is 1.51. The van der Waals surface area contributed by atoms with Crippen LogP contribution in [0.3, 0.4) is 0 Å². The molecule has 3 rings (SSSR count). The van der Waals surface area contributed by atoms with Crippen LogP contribution in [0.1, 0.15) is 84.8 Å². The van der Waals surface area contributed by atoms with Gasteiger partial charge in [-0.15, -0.1) is 0 Å². The van der Waals surface area contributed by atoms with Crippen molar-refractivity contribution >= 4 is 17.5 Å². The summed E-state index contributed by atoms with van der Waals surface area (Å²) >= 11 is 0. The summed E-state index contributed by atoms with van der Waals surface area (Å²) in [5, 5.41) is 0. The highest BCUT2D eigenvalue weighted by Crippen LogP contribution is 2.32. The van der Waals surface area contributed by atoms with Crippen LogP contribution in [0.4, 0.5) is 5.69 Å². The summed E-state index contributed by atoms with van der Waals surface area (Å²) in [4.78, 5) is 10.4. The van der Waals surface area contributed by atoms with E-state index in [2.05, 4.69) is 87.2 Å². The molecule has 1 atom stereocenters. The molecular weight excluding hydrogens is 430 g/mol. The van der Waals surface area contributed by atoms with Crippen LogP contribution in [0.15, 0.2) is 52.7 Å². The van der Waals surface area contributed by atoms with Gasteiger partial charge < -0.3 is 14.6 Å². The summed E-state index contributed by atoms with van der Waals surface area (Å²) in [6.07, 6.45) is 14.7. The minimum Gasteiger partial charge on any atom is -0.491 e. The molecule has 0 saturated carbocycles. The van der Waals surface area contributed by atoms with E-state index in [0.717, 1.165) is 47.1 Å². The highest BCUT2D eigenvalue weighted by molar-refractivity contribution is 5.98. The third-order valence-electron chi connectivity index (χ3n) is 6.93. The maximum absolute atomic E-state index is 6.47. The highest BCUT2D eigenvalue weighted by atomic mass is 16.5. The first-order valence-corrected chi connectivity index (χ1v) is 13.5. The van der Waals surface area contributed by atoms with Gasteiger partial charge in [-0.25, -0.2) is 0 Å². The number of nitrogens with zero attached hydrogens (tertiary/aromatic N) is 2. The van der Waals surface area contributed by atoms with E-state index in [1.54, 1.807) is 0 Å². The molecule has 4 heteroatoms. The zero-order valence-corrected chi connectivity index (χ0v) is 22.8. The van der Waals surface area contributed by atoms with Crippen LogP contribution in [0.2, 0.25) is 0 Å². The van der Waals surface area contributed by atoms with Crippen molar-refractivity contribution in [3.8, 4) is 17.0 Å². The van der Waals surface area contributed by atoms with Crippen molar-refractivity contribution in [1.29, 1.82) is 0 Å². The Labute approximate surface area is 213 Å². The number of unbranched alkanes of at least 4 members (excludes halogenated alkanes) is 5. The predicted octanol–water partition coefficient (Wildman–Crippen LogP) is 8.67. The first-order chi connectivity index (χ1) is 16.9. The summed E-state index contributed by atoms with van der Waals surface area (Å²) in [5.41, 5.74) is 7.65. The number of benzene rings is 1. The van der Waals surface area contributed by atoms with E-state index < -0.39 is 0 Å². The fraction of sp³-hybridized carbons (Fsp3) is 0.516. The molecule has 0 fully saturated rings. The van der Waals surface area contributed by atoms with Gasteiger partial charge in [-0.3, -0.25) is 4.99 Å². The van der Waals surface area contributed by atoms with Crippen LogP contribution in [0, 0.1) is 5.92 Å². The maximum atomic E-state index is 6.47. The quantitative estimate of drug-likeness (QED) is 0.278. The molecule has 2 aromatic rings. The Hall–Kier alpha value is -2.75.